The number of anilines is 1. The summed E-state index contributed by atoms with van der Waals surface area (Å²) < 4.78 is 45.7. The number of hydrogen-bond acceptors (Lipinski definition) is 5. The summed E-state index contributed by atoms with van der Waals surface area (Å²) in [6, 6.07) is 11.8. The van der Waals surface area contributed by atoms with Gasteiger partial charge in [-0.3, -0.25) is 4.98 Å². The predicted octanol–water partition coefficient (Wildman–Crippen LogP) is 7.71. The van der Waals surface area contributed by atoms with Crippen LogP contribution in [0.15, 0.2) is 65.8 Å². The second-order valence-corrected chi connectivity index (χ2v) is 9.98. The molecule has 0 saturated carbocycles. The molecule has 0 spiro atoms. The third-order valence-electron chi connectivity index (χ3n) is 4.63. The average Bonchev–Trinajstić information content (AvgIpc) is 3.22. The average molecular weight is 472 g/mol. The number of nitrogens with zero attached hydrogens (tertiary/aromatic N) is 2. The van der Waals surface area contributed by atoms with Crippen molar-refractivity contribution in [2.45, 2.75) is 31.1 Å². The molecule has 164 valence electrons. The van der Waals surface area contributed by atoms with Crippen molar-refractivity contribution in [3.05, 3.63) is 83.4 Å². The first kappa shape index (κ1) is 22.4. The maximum atomic E-state index is 15.6. The Hall–Kier alpha value is -2.84. The third-order valence-corrected chi connectivity index (χ3v) is 7.01. The summed E-state index contributed by atoms with van der Waals surface area (Å²) in [5, 5.41) is 0.883. The molecule has 0 amide bonds. The lowest BCUT2D eigenvalue weighted by molar-refractivity contribution is 0.577. The molecule has 8 heteroatoms. The molecule has 0 aliphatic rings. The third kappa shape index (κ3) is 4.66. The molecule has 0 unspecified atom stereocenters. The minimum Gasteiger partial charge on any atom is -0.323 e. The van der Waals surface area contributed by atoms with Crippen LogP contribution >= 0.6 is 23.3 Å². The molecule has 0 saturated heterocycles. The maximum absolute atomic E-state index is 15.6. The van der Waals surface area contributed by atoms with E-state index in [4.69, 9.17) is 4.98 Å². The fourth-order valence-electron chi connectivity index (χ4n) is 2.98. The summed E-state index contributed by atoms with van der Waals surface area (Å²) in [5.41, 5.74) is 1.71. The molecule has 32 heavy (non-hydrogen) atoms. The van der Waals surface area contributed by atoms with Gasteiger partial charge in [0.25, 0.3) is 0 Å². The highest BCUT2D eigenvalue weighted by Gasteiger charge is 2.25. The highest BCUT2D eigenvalue weighted by atomic mass is 32.2. The topological polar surface area (TPSA) is 37.8 Å². The number of hydrogen-bond donors (Lipinski definition) is 1. The number of thiazole rings is 1. The summed E-state index contributed by atoms with van der Waals surface area (Å²) in [5.74, 6) is -1.67. The fraction of sp³-hybridized carbons (Fsp3) is 0.167. The summed E-state index contributed by atoms with van der Waals surface area (Å²) in [6.45, 7) is 6.18. The molecular weight excluding hydrogens is 451 g/mol. The van der Waals surface area contributed by atoms with Gasteiger partial charge in [0.2, 0.25) is 0 Å². The van der Waals surface area contributed by atoms with Crippen molar-refractivity contribution in [3.63, 3.8) is 0 Å². The van der Waals surface area contributed by atoms with Crippen molar-refractivity contribution in [3.8, 4) is 21.7 Å². The van der Waals surface area contributed by atoms with E-state index in [1.54, 1.807) is 30.6 Å². The lowest BCUT2D eigenvalue weighted by atomic mass is 9.98. The molecule has 4 rings (SSSR count). The Balaban J connectivity index is 1.74. The van der Waals surface area contributed by atoms with Crippen LogP contribution in [0.1, 0.15) is 25.8 Å². The first-order chi connectivity index (χ1) is 15.2. The Bertz CT molecular complexity index is 1250. The van der Waals surface area contributed by atoms with Crippen LogP contribution in [0.2, 0.25) is 0 Å². The lowest BCUT2D eigenvalue weighted by Crippen LogP contribution is -2.10. The maximum Gasteiger partial charge on any atom is 0.156 e. The molecule has 1 N–H and O–H groups in total. The monoisotopic (exact) mass is 471 g/mol. The Kier molecular flexibility index (Phi) is 6.26. The number of aromatic nitrogens is 2. The lowest BCUT2D eigenvalue weighted by Gasteiger charge is -2.13. The molecule has 0 fully saturated rings. The predicted molar refractivity (Wildman–Crippen MR) is 125 cm³/mol. The SMILES string of the molecule is CC(C)(C)c1nc(-c2cccc(NSc3cc(F)ccc3F)c2F)c(-c2ccncc2)s1. The van der Waals surface area contributed by atoms with Crippen molar-refractivity contribution >= 4 is 29.0 Å². The fourth-order valence-corrected chi connectivity index (χ4v) is 4.84. The molecule has 4 aromatic rings. The van der Waals surface area contributed by atoms with E-state index in [9.17, 15) is 8.78 Å². The van der Waals surface area contributed by atoms with Crippen molar-refractivity contribution < 1.29 is 13.2 Å². The zero-order valence-corrected chi connectivity index (χ0v) is 19.3. The summed E-state index contributed by atoms with van der Waals surface area (Å²) >= 11 is 2.33. The molecule has 2 aromatic carbocycles. The smallest absolute Gasteiger partial charge is 0.156 e. The van der Waals surface area contributed by atoms with E-state index in [2.05, 4.69) is 30.5 Å². The van der Waals surface area contributed by atoms with Crippen LogP contribution < -0.4 is 4.72 Å². The number of rotatable bonds is 5. The molecule has 0 bridgehead atoms. The first-order valence-corrected chi connectivity index (χ1v) is 11.5. The Labute approximate surface area is 192 Å². The number of halogens is 3. The van der Waals surface area contributed by atoms with Gasteiger partial charge in [0.05, 0.1) is 26.2 Å². The number of pyridine rings is 1. The zero-order valence-electron chi connectivity index (χ0n) is 17.6. The van der Waals surface area contributed by atoms with Crippen LogP contribution in [-0.2, 0) is 5.41 Å². The highest BCUT2D eigenvalue weighted by Crippen LogP contribution is 2.42. The Morgan fingerprint density at radius 1 is 0.969 bits per heavy atom. The van der Waals surface area contributed by atoms with Gasteiger partial charge in [0.1, 0.15) is 11.6 Å². The summed E-state index contributed by atoms with van der Waals surface area (Å²) in [7, 11) is 0. The molecule has 0 aliphatic carbocycles. The largest absolute Gasteiger partial charge is 0.323 e. The van der Waals surface area contributed by atoms with Crippen molar-refractivity contribution in [1.82, 2.24) is 9.97 Å². The van der Waals surface area contributed by atoms with Crippen LogP contribution in [0.5, 0.6) is 0 Å². The highest BCUT2D eigenvalue weighted by molar-refractivity contribution is 8.00. The molecular formula is C24H20F3N3S2. The van der Waals surface area contributed by atoms with E-state index >= 15 is 4.39 Å². The second kappa shape index (κ2) is 8.96. The van der Waals surface area contributed by atoms with Gasteiger partial charge < -0.3 is 4.72 Å². The van der Waals surface area contributed by atoms with E-state index in [1.807, 2.05) is 12.1 Å². The van der Waals surface area contributed by atoms with Crippen molar-refractivity contribution in [2.75, 3.05) is 4.72 Å². The van der Waals surface area contributed by atoms with E-state index < -0.39 is 17.5 Å². The quantitative estimate of drug-likeness (QED) is 0.303. The van der Waals surface area contributed by atoms with Crippen LogP contribution in [0.25, 0.3) is 21.7 Å². The van der Waals surface area contributed by atoms with Gasteiger partial charge in [-0.1, -0.05) is 26.8 Å². The van der Waals surface area contributed by atoms with Crippen molar-refractivity contribution in [2.24, 2.45) is 0 Å². The molecule has 2 aromatic heterocycles. The van der Waals surface area contributed by atoms with Gasteiger partial charge in [-0.2, -0.15) is 0 Å². The van der Waals surface area contributed by atoms with E-state index in [-0.39, 0.29) is 16.0 Å². The molecule has 0 radical (unpaired) electrons. The summed E-state index contributed by atoms with van der Waals surface area (Å²) in [4.78, 5) is 9.74. The van der Waals surface area contributed by atoms with Crippen LogP contribution in [0.3, 0.4) is 0 Å². The van der Waals surface area contributed by atoms with Gasteiger partial charge >= 0.3 is 0 Å². The van der Waals surface area contributed by atoms with E-state index in [0.717, 1.165) is 45.6 Å². The second-order valence-electron chi connectivity index (χ2n) is 8.13. The minimum atomic E-state index is -0.588. The molecule has 3 nitrogen and oxygen atoms in total. The van der Waals surface area contributed by atoms with E-state index in [0.29, 0.717) is 11.3 Å². The normalized spacial score (nSPS) is 11.6. The zero-order chi connectivity index (χ0) is 22.9. The van der Waals surface area contributed by atoms with E-state index in [1.165, 1.54) is 11.3 Å². The number of nitrogens with one attached hydrogen (secondary N) is 1. The van der Waals surface area contributed by atoms with Crippen molar-refractivity contribution in [1.29, 1.82) is 0 Å². The minimum absolute atomic E-state index is 0.0379. The number of benzene rings is 2. The molecule has 2 heterocycles. The Morgan fingerprint density at radius 3 is 2.44 bits per heavy atom. The van der Waals surface area contributed by atoms with Gasteiger partial charge in [-0.15, -0.1) is 11.3 Å². The molecule has 0 atom stereocenters. The van der Waals surface area contributed by atoms with Gasteiger partial charge in [-0.05, 0) is 60.0 Å². The first-order valence-electron chi connectivity index (χ1n) is 9.82. The Morgan fingerprint density at radius 2 is 1.72 bits per heavy atom. The van der Waals surface area contributed by atoms with Gasteiger partial charge in [0, 0.05) is 23.4 Å². The standard InChI is InChI=1S/C24H20F3N3S2/c1-24(2,3)23-29-21(22(31-23)14-9-11-28-12-10-14)16-5-4-6-18(20(16)27)30-32-19-13-15(25)7-8-17(19)26/h4-13,30H,1-3H3. The van der Waals surface area contributed by atoms with Gasteiger partial charge in [0.15, 0.2) is 5.82 Å². The van der Waals surface area contributed by atoms with Crippen LogP contribution in [-0.4, -0.2) is 9.97 Å². The molecule has 0 aliphatic heterocycles. The van der Waals surface area contributed by atoms with Crippen LogP contribution in [0.4, 0.5) is 18.9 Å². The summed E-state index contributed by atoms with van der Waals surface area (Å²) in [6.07, 6.45) is 3.38. The van der Waals surface area contributed by atoms with Crippen LogP contribution in [0, 0.1) is 17.5 Å². The van der Waals surface area contributed by atoms with Gasteiger partial charge in [-0.25, -0.2) is 18.2 Å².